The van der Waals surface area contributed by atoms with Crippen molar-refractivity contribution in [2.24, 2.45) is 0 Å². The lowest BCUT2D eigenvalue weighted by Crippen LogP contribution is -2.21. The van der Waals surface area contributed by atoms with Gasteiger partial charge in [0.25, 0.3) is 0 Å². The minimum atomic E-state index is -1.06. The molecule has 6 heteroatoms. The summed E-state index contributed by atoms with van der Waals surface area (Å²) in [4.78, 5) is 21.1. The van der Waals surface area contributed by atoms with E-state index in [1.54, 1.807) is 7.11 Å². The third-order valence-electron chi connectivity index (χ3n) is 3.95. The van der Waals surface area contributed by atoms with Gasteiger partial charge in [0.2, 0.25) is 0 Å². The van der Waals surface area contributed by atoms with E-state index >= 15 is 0 Å². The van der Waals surface area contributed by atoms with Crippen LogP contribution in [-0.2, 0) is 0 Å². The first-order chi connectivity index (χ1) is 10.7. The fourth-order valence-corrected chi connectivity index (χ4v) is 2.82. The van der Waals surface area contributed by atoms with E-state index < -0.39 is 5.97 Å². The second kappa shape index (κ2) is 6.01. The topological polar surface area (TPSA) is 75.5 Å². The molecule has 22 heavy (non-hydrogen) atoms. The number of carboxylic acid groups (broad SMARTS) is 1. The summed E-state index contributed by atoms with van der Waals surface area (Å²) >= 11 is 0. The summed E-state index contributed by atoms with van der Waals surface area (Å²) < 4.78 is 5.43. The first-order valence-electron chi connectivity index (χ1n) is 7.12. The SMILES string of the molecule is COc1ccccc1C1CCN(c2cnc(C(=O)O)cn2)C1. The molecule has 0 bridgehead atoms. The zero-order valence-electron chi connectivity index (χ0n) is 12.3. The highest BCUT2D eigenvalue weighted by Gasteiger charge is 2.27. The number of benzene rings is 1. The molecule has 1 aliphatic rings. The van der Waals surface area contributed by atoms with E-state index in [0.717, 1.165) is 25.3 Å². The summed E-state index contributed by atoms with van der Waals surface area (Å²) in [5.74, 6) is 0.925. The maximum atomic E-state index is 10.8. The second-order valence-electron chi connectivity index (χ2n) is 5.24. The molecule has 1 atom stereocenters. The Hall–Kier alpha value is -2.63. The third kappa shape index (κ3) is 2.72. The predicted octanol–water partition coefficient (Wildman–Crippen LogP) is 2.18. The molecule has 1 saturated heterocycles. The van der Waals surface area contributed by atoms with Crippen molar-refractivity contribution in [3.05, 3.63) is 47.9 Å². The van der Waals surface area contributed by atoms with Crippen LogP contribution < -0.4 is 9.64 Å². The van der Waals surface area contributed by atoms with Crippen LogP contribution in [0.15, 0.2) is 36.7 Å². The fourth-order valence-electron chi connectivity index (χ4n) is 2.82. The van der Waals surface area contributed by atoms with Crippen LogP contribution in [0.25, 0.3) is 0 Å². The van der Waals surface area contributed by atoms with Crippen molar-refractivity contribution in [1.29, 1.82) is 0 Å². The highest BCUT2D eigenvalue weighted by atomic mass is 16.5. The van der Waals surface area contributed by atoms with Gasteiger partial charge in [-0.15, -0.1) is 0 Å². The number of methoxy groups -OCH3 is 1. The van der Waals surface area contributed by atoms with Crippen molar-refractivity contribution in [2.45, 2.75) is 12.3 Å². The van der Waals surface area contributed by atoms with Gasteiger partial charge in [-0.2, -0.15) is 0 Å². The number of aromatic nitrogens is 2. The zero-order chi connectivity index (χ0) is 15.5. The van der Waals surface area contributed by atoms with E-state index in [1.807, 2.05) is 18.2 Å². The first-order valence-corrected chi connectivity index (χ1v) is 7.12. The fraction of sp³-hybridized carbons (Fsp3) is 0.312. The number of anilines is 1. The van der Waals surface area contributed by atoms with Crippen molar-refractivity contribution < 1.29 is 14.6 Å². The molecule has 3 rings (SSSR count). The molecule has 1 N–H and O–H groups in total. The lowest BCUT2D eigenvalue weighted by Gasteiger charge is -2.18. The van der Waals surface area contributed by atoms with Crippen molar-refractivity contribution in [2.75, 3.05) is 25.1 Å². The Bertz CT molecular complexity index is 673. The minimum Gasteiger partial charge on any atom is -0.496 e. The highest BCUT2D eigenvalue weighted by molar-refractivity contribution is 5.84. The number of nitrogens with zero attached hydrogens (tertiary/aromatic N) is 3. The highest BCUT2D eigenvalue weighted by Crippen LogP contribution is 2.34. The van der Waals surface area contributed by atoms with E-state index in [4.69, 9.17) is 9.84 Å². The van der Waals surface area contributed by atoms with Crippen LogP contribution in [0, 0.1) is 0 Å². The van der Waals surface area contributed by atoms with Crippen LogP contribution >= 0.6 is 0 Å². The van der Waals surface area contributed by atoms with Gasteiger partial charge < -0.3 is 14.7 Å². The Morgan fingerprint density at radius 1 is 1.32 bits per heavy atom. The van der Waals surface area contributed by atoms with E-state index in [2.05, 4.69) is 20.9 Å². The van der Waals surface area contributed by atoms with Gasteiger partial charge in [0.1, 0.15) is 11.6 Å². The van der Waals surface area contributed by atoms with Gasteiger partial charge in [0.15, 0.2) is 5.69 Å². The molecule has 1 fully saturated rings. The third-order valence-corrected chi connectivity index (χ3v) is 3.95. The average molecular weight is 299 g/mol. The van der Waals surface area contributed by atoms with Crippen LogP contribution in [0.4, 0.5) is 5.82 Å². The second-order valence-corrected chi connectivity index (χ2v) is 5.24. The summed E-state index contributed by atoms with van der Waals surface area (Å²) in [5.41, 5.74) is 1.16. The number of aromatic carboxylic acids is 1. The number of para-hydroxylation sites is 1. The maximum absolute atomic E-state index is 10.8. The Balaban J connectivity index is 1.76. The smallest absolute Gasteiger partial charge is 0.356 e. The summed E-state index contributed by atoms with van der Waals surface area (Å²) in [5, 5.41) is 8.86. The minimum absolute atomic E-state index is 0.0378. The van der Waals surface area contributed by atoms with E-state index in [-0.39, 0.29) is 5.69 Å². The van der Waals surface area contributed by atoms with E-state index in [0.29, 0.717) is 11.7 Å². The molecule has 2 heterocycles. The molecule has 1 aliphatic heterocycles. The van der Waals surface area contributed by atoms with Gasteiger partial charge in [0.05, 0.1) is 19.5 Å². The lowest BCUT2D eigenvalue weighted by atomic mass is 9.97. The first kappa shape index (κ1) is 14.3. The monoisotopic (exact) mass is 299 g/mol. The molecule has 1 unspecified atom stereocenters. The van der Waals surface area contributed by atoms with Crippen LogP contribution in [0.2, 0.25) is 0 Å². The van der Waals surface area contributed by atoms with Crippen LogP contribution in [-0.4, -0.2) is 41.2 Å². The normalized spacial score (nSPS) is 17.5. The summed E-state index contributed by atoms with van der Waals surface area (Å²) in [6, 6.07) is 8.04. The van der Waals surface area contributed by atoms with Gasteiger partial charge >= 0.3 is 5.97 Å². The molecule has 2 aromatic rings. The van der Waals surface area contributed by atoms with Crippen molar-refractivity contribution >= 4 is 11.8 Å². The average Bonchev–Trinajstić information content (AvgIpc) is 3.04. The number of rotatable bonds is 4. The maximum Gasteiger partial charge on any atom is 0.356 e. The van der Waals surface area contributed by atoms with Gasteiger partial charge in [-0.25, -0.2) is 14.8 Å². The Labute approximate surface area is 128 Å². The van der Waals surface area contributed by atoms with Crippen LogP contribution in [0.5, 0.6) is 5.75 Å². The summed E-state index contributed by atoms with van der Waals surface area (Å²) in [6.07, 6.45) is 3.82. The molecule has 0 radical (unpaired) electrons. The van der Waals surface area contributed by atoms with Crippen LogP contribution in [0.1, 0.15) is 28.4 Å². The molecule has 1 aromatic heterocycles. The zero-order valence-corrected chi connectivity index (χ0v) is 12.3. The molecule has 114 valence electrons. The van der Waals surface area contributed by atoms with Crippen molar-refractivity contribution in [3.63, 3.8) is 0 Å². The number of carboxylic acids is 1. The quantitative estimate of drug-likeness (QED) is 0.932. The summed E-state index contributed by atoms with van der Waals surface area (Å²) in [7, 11) is 1.68. The number of ether oxygens (including phenoxy) is 1. The predicted molar refractivity (Wildman–Crippen MR) is 81.6 cm³/mol. The largest absolute Gasteiger partial charge is 0.496 e. The van der Waals surface area contributed by atoms with Crippen molar-refractivity contribution in [3.8, 4) is 5.75 Å². The molecule has 1 aromatic carbocycles. The van der Waals surface area contributed by atoms with Crippen molar-refractivity contribution in [1.82, 2.24) is 9.97 Å². The molecule has 0 amide bonds. The number of hydrogen-bond acceptors (Lipinski definition) is 5. The Morgan fingerprint density at radius 2 is 2.14 bits per heavy atom. The van der Waals surface area contributed by atoms with Gasteiger partial charge in [0, 0.05) is 19.0 Å². The molecular weight excluding hydrogens is 282 g/mol. The van der Waals surface area contributed by atoms with Crippen LogP contribution in [0.3, 0.4) is 0 Å². The Morgan fingerprint density at radius 3 is 2.82 bits per heavy atom. The lowest BCUT2D eigenvalue weighted by molar-refractivity contribution is 0.0690. The van der Waals surface area contributed by atoms with Gasteiger partial charge in [-0.05, 0) is 18.1 Å². The summed E-state index contributed by atoms with van der Waals surface area (Å²) in [6.45, 7) is 1.69. The molecule has 0 spiro atoms. The Kier molecular flexibility index (Phi) is 3.91. The molecule has 0 saturated carbocycles. The standard InChI is InChI=1S/C16H17N3O3/c1-22-14-5-3-2-4-12(14)11-6-7-19(10-11)15-9-17-13(8-18-15)16(20)21/h2-5,8-9,11H,6-7,10H2,1H3,(H,20,21). The molecule has 6 nitrogen and oxygen atoms in total. The van der Waals surface area contributed by atoms with Gasteiger partial charge in [-0.1, -0.05) is 18.2 Å². The van der Waals surface area contributed by atoms with E-state index in [9.17, 15) is 4.79 Å². The molecular formula is C16H17N3O3. The van der Waals surface area contributed by atoms with Gasteiger partial charge in [-0.3, -0.25) is 0 Å². The number of hydrogen-bond donors (Lipinski definition) is 1. The molecule has 0 aliphatic carbocycles. The number of carbonyl (C=O) groups is 1. The van der Waals surface area contributed by atoms with E-state index in [1.165, 1.54) is 18.0 Å².